The van der Waals surface area contributed by atoms with E-state index in [1.807, 2.05) is 6.20 Å². The van der Waals surface area contributed by atoms with Gasteiger partial charge in [-0.1, -0.05) is 13.8 Å². The molecule has 1 saturated carbocycles. The number of aliphatic imine (C=N–C) groups is 1. The number of thiazole rings is 1. The number of hydrogen-bond donors (Lipinski definition) is 2. The van der Waals surface area contributed by atoms with Gasteiger partial charge in [-0.3, -0.25) is 0 Å². The number of aryl methyl sites for hydroxylation is 1. The van der Waals surface area contributed by atoms with Crippen LogP contribution in [-0.4, -0.2) is 23.5 Å². The second-order valence-electron chi connectivity index (χ2n) is 6.32. The largest absolute Gasteiger partial charge is 0.357 e. The van der Waals surface area contributed by atoms with Gasteiger partial charge in [0.15, 0.2) is 5.96 Å². The zero-order chi connectivity index (χ0) is 15.2. The first-order chi connectivity index (χ1) is 10.1. The van der Waals surface area contributed by atoms with Gasteiger partial charge in [0, 0.05) is 23.7 Å². The van der Waals surface area contributed by atoms with Crippen molar-refractivity contribution in [2.45, 2.75) is 59.5 Å². The molecule has 1 fully saturated rings. The first-order valence-corrected chi connectivity index (χ1v) is 8.84. The number of nitrogens with zero attached hydrogens (tertiary/aromatic N) is 2. The van der Waals surface area contributed by atoms with Crippen LogP contribution < -0.4 is 10.6 Å². The first-order valence-electron chi connectivity index (χ1n) is 8.03. The van der Waals surface area contributed by atoms with Gasteiger partial charge in [-0.2, -0.15) is 0 Å². The summed E-state index contributed by atoms with van der Waals surface area (Å²) in [6, 6.07) is 0.541. The Morgan fingerprint density at radius 1 is 1.32 bits per heavy atom. The van der Waals surface area contributed by atoms with E-state index in [4.69, 9.17) is 0 Å². The van der Waals surface area contributed by atoms with Crippen LogP contribution in [0.3, 0.4) is 0 Å². The summed E-state index contributed by atoms with van der Waals surface area (Å²) >= 11 is 1.72. The molecular weight excluding hydrogens is 407 g/mol. The second-order valence-corrected chi connectivity index (χ2v) is 7.64. The van der Waals surface area contributed by atoms with Crippen LogP contribution in [0.25, 0.3) is 0 Å². The number of aromatic nitrogens is 1. The van der Waals surface area contributed by atoms with Crippen LogP contribution in [0.4, 0.5) is 0 Å². The topological polar surface area (TPSA) is 49.3 Å². The van der Waals surface area contributed by atoms with E-state index < -0.39 is 0 Å². The molecule has 1 aliphatic rings. The SMILES string of the molecule is CCNC(=NCc1ncc(C)s1)NC1CC(C)CC(C)C1.I. The lowest BCUT2D eigenvalue weighted by Crippen LogP contribution is -2.46. The summed E-state index contributed by atoms with van der Waals surface area (Å²) in [5.74, 6) is 2.53. The molecule has 0 spiro atoms. The lowest BCUT2D eigenvalue weighted by Gasteiger charge is -2.32. The molecule has 2 atom stereocenters. The molecule has 4 nitrogen and oxygen atoms in total. The Balaban J connectivity index is 0.00000242. The monoisotopic (exact) mass is 436 g/mol. The number of rotatable bonds is 4. The molecule has 1 heterocycles. The quantitative estimate of drug-likeness (QED) is 0.427. The van der Waals surface area contributed by atoms with Crippen LogP contribution in [0.1, 0.15) is 49.9 Å². The van der Waals surface area contributed by atoms with Crippen LogP contribution in [0.2, 0.25) is 0 Å². The van der Waals surface area contributed by atoms with Gasteiger partial charge in [-0.25, -0.2) is 9.98 Å². The highest BCUT2D eigenvalue weighted by Gasteiger charge is 2.24. The lowest BCUT2D eigenvalue weighted by molar-refractivity contribution is 0.255. The molecule has 0 saturated heterocycles. The Labute approximate surface area is 155 Å². The summed E-state index contributed by atoms with van der Waals surface area (Å²) in [4.78, 5) is 10.3. The fourth-order valence-corrected chi connectivity index (χ4v) is 3.91. The van der Waals surface area contributed by atoms with E-state index in [-0.39, 0.29) is 24.0 Å². The summed E-state index contributed by atoms with van der Waals surface area (Å²) in [6.45, 7) is 10.4. The molecule has 2 unspecified atom stereocenters. The molecule has 1 aromatic rings. The van der Waals surface area contributed by atoms with E-state index in [0.717, 1.165) is 29.3 Å². The molecule has 2 N–H and O–H groups in total. The van der Waals surface area contributed by atoms with E-state index in [1.165, 1.54) is 24.1 Å². The molecule has 1 aliphatic carbocycles. The van der Waals surface area contributed by atoms with Gasteiger partial charge in [0.25, 0.3) is 0 Å². The van der Waals surface area contributed by atoms with E-state index in [0.29, 0.717) is 12.6 Å². The minimum Gasteiger partial charge on any atom is -0.357 e. The molecule has 0 aromatic carbocycles. The highest BCUT2D eigenvalue weighted by Crippen LogP contribution is 2.28. The van der Waals surface area contributed by atoms with Gasteiger partial charge in [0.2, 0.25) is 0 Å². The summed E-state index contributed by atoms with van der Waals surface area (Å²) in [5.41, 5.74) is 0. The fourth-order valence-electron chi connectivity index (χ4n) is 3.20. The second kappa shape index (κ2) is 9.70. The van der Waals surface area contributed by atoms with Crippen molar-refractivity contribution in [1.29, 1.82) is 0 Å². The third kappa shape index (κ3) is 6.40. The van der Waals surface area contributed by atoms with Gasteiger partial charge >= 0.3 is 0 Å². The van der Waals surface area contributed by atoms with Gasteiger partial charge in [-0.05, 0) is 44.9 Å². The van der Waals surface area contributed by atoms with Crippen molar-refractivity contribution >= 4 is 41.3 Å². The number of guanidine groups is 1. The van der Waals surface area contributed by atoms with E-state index >= 15 is 0 Å². The highest BCUT2D eigenvalue weighted by atomic mass is 127. The summed E-state index contributed by atoms with van der Waals surface area (Å²) < 4.78 is 0. The zero-order valence-corrected chi connectivity index (χ0v) is 17.2. The fraction of sp³-hybridized carbons (Fsp3) is 0.750. The summed E-state index contributed by atoms with van der Waals surface area (Å²) in [5, 5.41) is 8.04. The number of hydrogen-bond acceptors (Lipinski definition) is 3. The van der Waals surface area contributed by atoms with Gasteiger partial charge in [0.05, 0.1) is 6.54 Å². The van der Waals surface area contributed by atoms with Gasteiger partial charge in [-0.15, -0.1) is 35.3 Å². The summed E-state index contributed by atoms with van der Waals surface area (Å²) in [6.07, 6.45) is 5.75. The van der Waals surface area contributed by atoms with E-state index in [1.54, 1.807) is 11.3 Å². The summed E-state index contributed by atoms with van der Waals surface area (Å²) in [7, 11) is 0. The average molecular weight is 436 g/mol. The molecule has 1 aromatic heterocycles. The Bertz CT molecular complexity index is 464. The predicted molar refractivity (Wildman–Crippen MR) is 106 cm³/mol. The number of halogens is 1. The average Bonchev–Trinajstić information content (AvgIpc) is 2.81. The molecule has 0 radical (unpaired) electrons. The van der Waals surface area contributed by atoms with Crippen molar-refractivity contribution in [3.8, 4) is 0 Å². The van der Waals surface area contributed by atoms with E-state index in [9.17, 15) is 0 Å². The van der Waals surface area contributed by atoms with Crippen LogP contribution in [0, 0.1) is 18.8 Å². The zero-order valence-electron chi connectivity index (χ0n) is 14.1. The van der Waals surface area contributed by atoms with Crippen molar-refractivity contribution in [2.75, 3.05) is 6.54 Å². The van der Waals surface area contributed by atoms with Gasteiger partial charge < -0.3 is 10.6 Å². The van der Waals surface area contributed by atoms with Crippen molar-refractivity contribution in [2.24, 2.45) is 16.8 Å². The molecule has 126 valence electrons. The predicted octanol–water partition coefficient (Wildman–Crippen LogP) is 3.95. The molecule has 0 aliphatic heterocycles. The maximum atomic E-state index is 4.68. The maximum Gasteiger partial charge on any atom is 0.191 e. The molecule has 2 rings (SSSR count). The Hall–Kier alpha value is -0.370. The Morgan fingerprint density at radius 2 is 2.00 bits per heavy atom. The van der Waals surface area contributed by atoms with Crippen LogP contribution in [0.15, 0.2) is 11.2 Å². The third-order valence-electron chi connectivity index (χ3n) is 3.91. The lowest BCUT2D eigenvalue weighted by atomic mass is 9.80. The third-order valence-corrected chi connectivity index (χ3v) is 4.80. The molecule has 6 heteroatoms. The maximum absolute atomic E-state index is 4.68. The normalized spacial score (nSPS) is 25.5. The standard InChI is InChI=1S/C16H28N4S.HI/c1-5-17-16(19-10-15-18-9-13(4)21-15)20-14-7-11(2)6-12(3)8-14;/h9,11-12,14H,5-8,10H2,1-4H3,(H2,17,19,20);1H. The van der Waals surface area contributed by atoms with Crippen molar-refractivity contribution in [1.82, 2.24) is 15.6 Å². The van der Waals surface area contributed by atoms with Crippen molar-refractivity contribution in [3.63, 3.8) is 0 Å². The van der Waals surface area contributed by atoms with Crippen LogP contribution in [-0.2, 0) is 6.54 Å². The Kier molecular flexibility index (Phi) is 8.67. The smallest absolute Gasteiger partial charge is 0.191 e. The molecule has 22 heavy (non-hydrogen) atoms. The molecular formula is C16H29IN4S. The Morgan fingerprint density at radius 3 is 2.55 bits per heavy atom. The number of nitrogens with one attached hydrogen (secondary N) is 2. The molecule has 0 amide bonds. The minimum absolute atomic E-state index is 0. The highest BCUT2D eigenvalue weighted by molar-refractivity contribution is 14.0. The van der Waals surface area contributed by atoms with Gasteiger partial charge in [0.1, 0.15) is 5.01 Å². The minimum atomic E-state index is 0. The van der Waals surface area contributed by atoms with Crippen LogP contribution >= 0.6 is 35.3 Å². The van der Waals surface area contributed by atoms with Crippen molar-refractivity contribution in [3.05, 3.63) is 16.1 Å². The van der Waals surface area contributed by atoms with Crippen LogP contribution in [0.5, 0.6) is 0 Å². The van der Waals surface area contributed by atoms with E-state index in [2.05, 4.69) is 48.3 Å². The first kappa shape index (κ1) is 19.7. The molecule has 0 bridgehead atoms. The van der Waals surface area contributed by atoms with Crippen molar-refractivity contribution < 1.29 is 0 Å².